The van der Waals surface area contributed by atoms with Crippen molar-refractivity contribution in [2.45, 2.75) is 24.5 Å². The van der Waals surface area contributed by atoms with Crippen molar-refractivity contribution in [3.05, 3.63) is 51.5 Å². The van der Waals surface area contributed by atoms with Gasteiger partial charge in [0.2, 0.25) is 5.78 Å². The fourth-order valence-electron chi connectivity index (χ4n) is 5.50. The van der Waals surface area contributed by atoms with Crippen LogP contribution in [0.2, 0.25) is 0 Å². The fraction of sp³-hybridized carbons (Fsp3) is 0.375. The summed E-state index contributed by atoms with van der Waals surface area (Å²) in [6, 6.07) is 1.72. The van der Waals surface area contributed by atoms with Crippen LogP contribution in [0.1, 0.15) is 27.9 Å². The summed E-state index contributed by atoms with van der Waals surface area (Å²) in [5.41, 5.74) is 2.26. The third kappa shape index (κ3) is 3.05. The molecule has 34 heavy (non-hydrogen) atoms. The monoisotopic (exact) mass is 468 g/mol. The number of primary amides is 1. The van der Waals surface area contributed by atoms with Gasteiger partial charge in [0.15, 0.2) is 11.4 Å². The van der Waals surface area contributed by atoms with Gasteiger partial charge in [-0.25, -0.2) is 0 Å². The van der Waals surface area contributed by atoms with Crippen LogP contribution in [0.3, 0.4) is 0 Å². The highest BCUT2D eigenvalue weighted by Crippen LogP contribution is 2.52. The molecule has 178 valence electrons. The van der Waals surface area contributed by atoms with E-state index in [1.165, 1.54) is 17.0 Å². The minimum absolute atomic E-state index is 0.00567. The Kier molecular flexibility index (Phi) is 5.52. The molecule has 0 bridgehead atoms. The highest BCUT2D eigenvalue weighted by atomic mass is 16.3. The number of likely N-dealkylation sites (N-methyl/N-ethyl adjacent to an activating group) is 1. The summed E-state index contributed by atoms with van der Waals surface area (Å²) in [7, 11) is 3.13. The Bertz CT molecular complexity index is 1270. The van der Waals surface area contributed by atoms with Crippen LogP contribution in [-0.4, -0.2) is 80.3 Å². The number of carbonyl (C=O) groups excluding carboxylic acids is 3. The van der Waals surface area contributed by atoms with Gasteiger partial charge >= 0.3 is 0 Å². The standard InChI is InChI=1S/C24H24N2O8/c1-26(2)18-13-9-11-8-12-10(4-3-7-27)5-6-14(28)16(12)19(29)15(11)21(31)24(13,34)22(32)17(20(18)30)23(25)33/h5-6,11,13,18,27-28,30-31,34H,7-9H2,1-2H3,(H2,25,33)/t11-,13-,18-,24-/m0/s1. The van der Waals surface area contributed by atoms with Gasteiger partial charge < -0.3 is 31.3 Å². The van der Waals surface area contributed by atoms with E-state index in [0.717, 1.165) is 0 Å². The number of allylic oxidation sites excluding steroid dienone is 1. The second-order valence-electron chi connectivity index (χ2n) is 8.91. The van der Waals surface area contributed by atoms with Crippen LogP contribution in [0.25, 0.3) is 0 Å². The molecule has 0 saturated heterocycles. The van der Waals surface area contributed by atoms with E-state index in [9.17, 15) is 34.8 Å². The van der Waals surface area contributed by atoms with Crippen LogP contribution >= 0.6 is 0 Å². The summed E-state index contributed by atoms with van der Waals surface area (Å²) in [6.45, 7) is -0.408. The molecule has 4 atom stereocenters. The molecule has 0 fully saturated rings. The van der Waals surface area contributed by atoms with Crippen molar-refractivity contribution < 1.29 is 39.9 Å². The molecule has 4 rings (SSSR count). The number of nitrogens with two attached hydrogens (primary N) is 1. The van der Waals surface area contributed by atoms with Gasteiger partial charge in [0.1, 0.15) is 29.4 Å². The number of ketones is 2. The molecular weight excluding hydrogens is 444 g/mol. The zero-order valence-electron chi connectivity index (χ0n) is 18.5. The largest absolute Gasteiger partial charge is 0.510 e. The van der Waals surface area contributed by atoms with Crippen LogP contribution in [0.5, 0.6) is 5.75 Å². The highest BCUT2D eigenvalue weighted by Gasteiger charge is 2.63. The van der Waals surface area contributed by atoms with Gasteiger partial charge in [0.25, 0.3) is 5.91 Å². The predicted octanol–water partition coefficient (Wildman–Crippen LogP) is -0.536. The number of fused-ring (bicyclic) bond motifs is 3. The first-order chi connectivity index (χ1) is 16.0. The summed E-state index contributed by atoms with van der Waals surface area (Å²) in [5, 5.41) is 52.9. The average Bonchev–Trinajstić information content (AvgIpc) is 2.75. The van der Waals surface area contributed by atoms with Gasteiger partial charge in [-0.3, -0.25) is 19.3 Å². The lowest BCUT2D eigenvalue weighted by Crippen LogP contribution is -2.63. The Morgan fingerprint density at radius 3 is 2.50 bits per heavy atom. The lowest BCUT2D eigenvalue weighted by Gasteiger charge is -2.50. The van der Waals surface area contributed by atoms with E-state index in [4.69, 9.17) is 10.8 Å². The topological polar surface area (TPSA) is 182 Å². The zero-order valence-corrected chi connectivity index (χ0v) is 18.5. The van der Waals surface area contributed by atoms with Crippen molar-refractivity contribution in [1.82, 2.24) is 4.90 Å². The molecule has 1 amide bonds. The lowest BCUT2D eigenvalue weighted by atomic mass is 9.58. The molecule has 1 aromatic carbocycles. The Labute approximate surface area is 194 Å². The Balaban J connectivity index is 1.96. The number of benzene rings is 1. The van der Waals surface area contributed by atoms with Crippen molar-refractivity contribution in [2.24, 2.45) is 17.6 Å². The first-order valence-electron chi connectivity index (χ1n) is 10.6. The van der Waals surface area contributed by atoms with Crippen LogP contribution < -0.4 is 5.73 Å². The number of hydrogen-bond acceptors (Lipinski definition) is 9. The molecule has 0 saturated carbocycles. The van der Waals surface area contributed by atoms with Crippen LogP contribution in [0.15, 0.2) is 34.8 Å². The van der Waals surface area contributed by atoms with Crippen LogP contribution in [0.4, 0.5) is 0 Å². The molecule has 3 aliphatic carbocycles. The van der Waals surface area contributed by atoms with Gasteiger partial charge in [0.05, 0.1) is 11.6 Å². The van der Waals surface area contributed by atoms with E-state index in [-0.39, 0.29) is 29.7 Å². The Hall–Kier alpha value is -3.65. The first kappa shape index (κ1) is 23.5. The minimum Gasteiger partial charge on any atom is -0.510 e. The van der Waals surface area contributed by atoms with Crippen LogP contribution in [-0.2, 0) is 16.0 Å². The van der Waals surface area contributed by atoms with E-state index in [1.54, 1.807) is 14.1 Å². The third-order valence-electron chi connectivity index (χ3n) is 6.91. The number of aromatic hydroxyl groups is 1. The number of hydrogen-bond donors (Lipinski definition) is 6. The fourth-order valence-corrected chi connectivity index (χ4v) is 5.50. The number of rotatable bonds is 2. The molecule has 7 N–H and O–H groups in total. The van der Waals surface area contributed by atoms with Crippen molar-refractivity contribution in [2.75, 3.05) is 20.7 Å². The molecule has 1 aromatic rings. The normalized spacial score (nSPS) is 28.2. The predicted molar refractivity (Wildman–Crippen MR) is 118 cm³/mol. The number of phenols is 1. The summed E-state index contributed by atoms with van der Waals surface area (Å²) >= 11 is 0. The molecule has 0 spiro atoms. The summed E-state index contributed by atoms with van der Waals surface area (Å²) in [5.74, 6) is -1.76. The van der Waals surface area contributed by atoms with Crippen molar-refractivity contribution in [1.29, 1.82) is 0 Å². The van der Waals surface area contributed by atoms with E-state index < -0.39 is 64.7 Å². The van der Waals surface area contributed by atoms with Crippen LogP contribution in [0, 0.1) is 23.7 Å². The number of nitrogens with zero attached hydrogens (tertiary/aromatic N) is 1. The van der Waals surface area contributed by atoms with Gasteiger partial charge in [-0.1, -0.05) is 11.8 Å². The molecular formula is C24H24N2O8. The molecule has 10 heteroatoms. The number of Topliss-reactive ketones (excluding diaryl/α,β-unsaturated/α-hetero) is 2. The van der Waals surface area contributed by atoms with E-state index in [1.807, 2.05) is 0 Å². The second kappa shape index (κ2) is 7.99. The van der Waals surface area contributed by atoms with Crippen molar-refractivity contribution >= 4 is 17.5 Å². The second-order valence-corrected chi connectivity index (χ2v) is 8.91. The quantitative estimate of drug-likeness (QED) is 0.245. The number of amides is 1. The van der Waals surface area contributed by atoms with Crippen molar-refractivity contribution in [3.63, 3.8) is 0 Å². The summed E-state index contributed by atoms with van der Waals surface area (Å²) in [4.78, 5) is 40.1. The average molecular weight is 468 g/mol. The number of phenolic OH excluding ortho intramolecular Hbond substituents is 1. The highest BCUT2D eigenvalue weighted by molar-refractivity contribution is 6.24. The van der Waals surface area contributed by atoms with Gasteiger partial charge in [0, 0.05) is 17.1 Å². The number of carbonyl (C=O) groups is 3. The molecule has 0 radical (unpaired) electrons. The minimum atomic E-state index is -2.67. The Morgan fingerprint density at radius 1 is 1.24 bits per heavy atom. The summed E-state index contributed by atoms with van der Waals surface area (Å²) in [6.07, 6.45) is 0.132. The maximum Gasteiger partial charge on any atom is 0.255 e. The molecule has 0 aliphatic heterocycles. The molecule has 10 nitrogen and oxygen atoms in total. The van der Waals surface area contributed by atoms with Crippen molar-refractivity contribution in [3.8, 4) is 17.6 Å². The Morgan fingerprint density at radius 2 is 1.91 bits per heavy atom. The SMILES string of the molecule is CN(C)[C@@H]1C(O)=C(C(N)=O)C(=O)[C@@]2(O)C(O)=C3C(=O)c4c(O)ccc(C#CCO)c4C[C@H]3C[C@@H]12. The third-order valence-corrected chi connectivity index (χ3v) is 6.91. The van der Waals surface area contributed by atoms with Gasteiger partial charge in [-0.15, -0.1) is 0 Å². The van der Waals surface area contributed by atoms with E-state index in [0.29, 0.717) is 11.1 Å². The molecule has 0 unspecified atom stereocenters. The van der Waals surface area contributed by atoms with E-state index >= 15 is 0 Å². The maximum absolute atomic E-state index is 13.5. The lowest BCUT2D eigenvalue weighted by molar-refractivity contribution is -0.148. The molecule has 0 aromatic heterocycles. The van der Waals surface area contributed by atoms with E-state index in [2.05, 4.69) is 11.8 Å². The maximum atomic E-state index is 13.5. The number of aliphatic hydroxyl groups excluding tert-OH is 3. The molecule has 0 heterocycles. The van der Waals surface area contributed by atoms with Gasteiger partial charge in [-0.05, 0) is 50.6 Å². The summed E-state index contributed by atoms with van der Waals surface area (Å²) < 4.78 is 0. The zero-order chi connectivity index (χ0) is 25.1. The molecule has 3 aliphatic rings. The van der Waals surface area contributed by atoms with Gasteiger partial charge in [-0.2, -0.15) is 0 Å². The number of aliphatic hydroxyl groups is 4. The first-order valence-corrected chi connectivity index (χ1v) is 10.6. The smallest absolute Gasteiger partial charge is 0.255 e.